The summed E-state index contributed by atoms with van der Waals surface area (Å²) in [6.45, 7) is 0.0971. The Bertz CT molecular complexity index is 732. The lowest BCUT2D eigenvalue weighted by molar-refractivity contribution is 0.281. The van der Waals surface area contributed by atoms with E-state index >= 15 is 0 Å². The van der Waals surface area contributed by atoms with Crippen LogP contribution in [0, 0.1) is 0 Å². The average Bonchev–Trinajstić information content (AvgIpc) is 2.57. The highest BCUT2D eigenvalue weighted by atomic mass is 16.3. The fraction of sp³-hybridized carbons (Fsp3) is 0.143. The van der Waals surface area contributed by atoms with Gasteiger partial charge in [0.2, 0.25) is 0 Å². The number of aliphatic hydroxyl groups excluding tert-OH is 1. The summed E-state index contributed by atoms with van der Waals surface area (Å²) in [5.41, 5.74) is 6.15. The van der Waals surface area contributed by atoms with Crippen LogP contribution in [0.15, 0.2) is 78.9 Å². The predicted molar refractivity (Wildman–Crippen MR) is 90.9 cm³/mol. The van der Waals surface area contributed by atoms with Crippen molar-refractivity contribution in [3.8, 4) is 0 Å². The van der Waals surface area contributed by atoms with Gasteiger partial charge in [0.15, 0.2) is 0 Å². The summed E-state index contributed by atoms with van der Waals surface area (Å²) in [5.74, 6) is 0. The van der Waals surface area contributed by atoms with Crippen LogP contribution in [-0.4, -0.2) is 5.11 Å². The van der Waals surface area contributed by atoms with Gasteiger partial charge in [-0.05, 0) is 40.7 Å². The van der Waals surface area contributed by atoms with Crippen LogP contribution in [0.2, 0.25) is 0 Å². The van der Waals surface area contributed by atoms with Gasteiger partial charge >= 0.3 is 0 Å². The van der Waals surface area contributed by atoms with E-state index in [-0.39, 0.29) is 6.61 Å². The first-order valence-electron chi connectivity index (χ1n) is 7.64. The van der Waals surface area contributed by atoms with Crippen LogP contribution in [-0.2, 0) is 19.4 Å². The first-order valence-corrected chi connectivity index (χ1v) is 7.64. The Kier molecular flexibility index (Phi) is 4.67. The maximum Gasteiger partial charge on any atom is 0.0684 e. The predicted octanol–water partition coefficient (Wildman–Crippen LogP) is 4.36. The van der Waals surface area contributed by atoms with Gasteiger partial charge in [-0.3, -0.25) is 0 Å². The van der Waals surface area contributed by atoms with Crippen LogP contribution in [0.1, 0.15) is 27.8 Å². The molecule has 0 unspecified atom stereocenters. The molecule has 0 saturated heterocycles. The molecule has 0 aliphatic heterocycles. The van der Waals surface area contributed by atoms with Gasteiger partial charge in [0.25, 0.3) is 0 Å². The third-order valence-electron chi connectivity index (χ3n) is 3.93. The maximum atomic E-state index is 9.45. The van der Waals surface area contributed by atoms with Gasteiger partial charge in [-0.15, -0.1) is 0 Å². The standard InChI is InChI=1S/C21H20O/c22-16-21-12-5-4-11-20(21)15-19-10-6-9-18(14-19)13-17-7-2-1-3-8-17/h1-12,14,22H,13,15-16H2. The van der Waals surface area contributed by atoms with E-state index in [1.165, 1.54) is 22.3 Å². The van der Waals surface area contributed by atoms with Crippen molar-refractivity contribution in [3.63, 3.8) is 0 Å². The fourth-order valence-corrected chi connectivity index (χ4v) is 2.79. The van der Waals surface area contributed by atoms with E-state index in [1.54, 1.807) is 0 Å². The number of aliphatic hydroxyl groups is 1. The van der Waals surface area contributed by atoms with Crippen LogP contribution in [0.3, 0.4) is 0 Å². The minimum Gasteiger partial charge on any atom is -0.392 e. The molecule has 1 nitrogen and oxygen atoms in total. The van der Waals surface area contributed by atoms with Crippen LogP contribution in [0.4, 0.5) is 0 Å². The van der Waals surface area contributed by atoms with Crippen LogP contribution in [0.25, 0.3) is 0 Å². The molecular formula is C21H20O. The first-order chi connectivity index (χ1) is 10.8. The molecule has 0 bridgehead atoms. The molecule has 0 aliphatic rings. The Balaban J connectivity index is 1.79. The quantitative estimate of drug-likeness (QED) is 0.739. The van der Waals surface area contributed by atoms with Gasteiger partial charge in [0.1, 0.15) is 0 Å². The van der Waals surface area contributed by atoms with E-state index in [0.717, 1.165) is 18.4 Å². The van der Waals surface area contributed by atoms with Crippen LogP contribution < -0.4 is 0 Å². The summed E-state index contributed by atoms with van der Waals surface area (Å²) in [5, 5.41) is 9.45. The van der Waals surface area contributed by atoms with Gasteiger partial charge in [-0.2, -0.15) is 0 Å². The molecule has 0 radical (unpaired) electrons. The summed E-state index contributed by atoms with van der Waals surface area (Å²) in [4.78, 5) is 0. The van der Waals surface area contributed by atoms with E-state index in [2.05, 4.69) is 54.6 Å². The SMILES string of the molecule is OCc1ccccc1Cc1cccc(Cc2ccccc2)c1. The maximum absolute atomic E-state index is 9.45. The van der Waals surface area contributed by atoms with E-state index in [0.29, 0.717) is 0 Å². The number of hydrogen-bond acceptors (Lipinski definition) is 1. The van der Waals surface area contributed by atoms with Gasteiger partial charge in [0.05, 0.1) is 6.61 Å². The summed E-state index contributed by atoms with van der Waals surface area (Å²) in [7, 11) is 0. The first kappa shape index (κ1) is 14.6. The molecule has 1 heteroatoms. The lowest BCUT2D eigenvalue weighted by atomic mass is 9.97. The second kappa shape index (κ2) is 7.06. The monoisotopic (exact) mass is 288 g/mol. The second-order valence-corrected chi connectivity index (χ2v) is 5.59. The van der Waals surface area contributed by atoms with Crippen LogP contribution in [0.5, 0.6) is 0 Å². The molecule has 3 aromatic rings. The summed E-state index contributed by atoms with van der Waals surface area (Å²) >= 11 is 0. The molecule has 0 amide bonds. The zero-order valence-corrected chi connectivity index (χ0v) is 12.6. The van der Waals surface area contributed by atoms with Crippen molar-refractivity contribution in [3.05, 3.63) is 107 Å². The van der Waals surface area contributed by atoms with Gasteiger partial charge in [-0.1, -0.05) is 78.9 Å². The van der Waals surface area contributed by atoms with Crippen molar-refractivity contribution in [2.75, 3.05) is 0 Å². The number of benzene rings is 3. The zero-order valence-electron chi connectivity index (χ0n) is 12.6. The van der Waals surface area contributed by atoms with Gasteiger partial charge in [0, 0.05) is 0 Å². The minimum atomic E-state index is 0.0971. The van der Waals surface area contributed by atoms with Crippen LogP contribution >= 0.6 is 0 Å². The van der Waals surface area contributed by atoms with E-state index in [9.17, 15) is 5.11 Å². The number of hydrogen-bond donors (Lipinski definition) is 1. The lowest BCUT2D eigenvalue weighted by Crippen LogP contribution is -1.96. The molecule has 0 aromatic heterocycles. The van der Waals surface area contributed by atoms with Crippen molar-refractivity contribution in [1.29, 1.82) is 0 Å². The summed E-state index contributed by atoms with van der Waals surface area (Å²) < 4.78 is 0. The molecule has 0 spiro atoms. The second-order valence-electron chi connectivity index (χ2n) is 5.59. The third-order valence-corrected chi connectivity index (χ3v) is 3.93. The zero-order chi connectivity index (χ0) is 15.2. The highest BCUT2D eigenvalue weighted by Gasteiger charge is 2.03. The fourth-order valence-electron chi connectivity index (χ4n) is 2.79. The van der Waals surface area contributed by atoms with Gasteiger partial charge in [-0.25, -0.2) is 0 Å². The Labute approximate surface area is 131 Å². The smallest absolute Gasteiger partial charge is 0.0684 e. The van der Waals surface area contributed by atoms with Crippen molar-refractivity contribution >= 4 is 0 Å². The van der Waals surface area contributed by atoms with Crippen molar-refractivity contribution in [1.82, 2.24) is 0 Å². The Morgan fingerprint density at radius 1 is 0.545 bits per heavy atom. The molecular weight excluding hydrogens is 268 g/mol. The molecule has 22 heavy (non-hydrogen) atoms. The van der Waals surface area contributed by atoms with Crippen molar-refractivity contribution < 1.29 is 5.11 Å². The molecule has 0 aliphatic carbocycles. The van der Waals surface area contributed by atoms with E-state index in [4.69, 9.17) is 0 Å². The highest BCUT2D eigenvalue weighted by Crippen LogP contribution is 2.17. The van der Waals surface area contributed by atoms with Crippen molar-refractivity contribution in [2.45, 2.75) is 19.4 Å². The largest absolute Gasteiger partial charge is 0.392 e. The average molecular weight is 288 g/mol. The molecule has 3 rings (SSSR count). The highest BCUT2D eigenvalue weighted by molar-refractivity contribution is 5.35. The Morgan fingerprint density at radius 3 is 1.86 bits per heavy atom. The molecule has 0 saturated carbocycles. The summed E-state index contributed by atoms with van der Waals surface area (Å²) in [6.07, 6.45) is 1.82. The molecule has 3 aromatic carbocycles. The Hall–Kier alpha value is -2.38. The minimum absolute atomic E-state index is 0.0971. The molecule has 0 heterocycles. The number of rotatable bonds is 5. The van der Waals surface area contributed by atoms with E-state index in [1.807, 2.05) is 24.3 Å². The molecule has 110 valence electrons. The molecule has 0 atom stereocenters. The normalized spacial score (nSPS) is 10.6. The lowest BCUT2D eigenvalue weighted by Gasteiger charge is -2.09. The molecule has 0 fully saturated rings. The summed E-state index contributed by atoms with van der Waals surface area (Å²) in [6, 6.07) is 27.3. The van der Waals surface area contributed by atoms with E-state index < -0.39 is 0 Å². The third kappa shape index (κ3) is 3.63. The topological polar surface area (TPSA) is 20.2 Å². The molecule has 1 N–H and O–H groups in total. The van der Waals surface area contributed by atoms with Gasteiger partial charge < -0.3 is 5.11 Å². The Morgan fingerprint density at radius 2 is 1.14 bits per heavy atom. The van der Waals surface area contributed by atoms with Crippen molar-refractivity contribution in [2.24, 2.45) is 0 Å².